The van der Waals surface area contributed by atoms with E-state index < -0.39 is 0 Å². The molecule has 2 rings (SSSR count). The molecule has 1 fully saturated rings. The molecule has 1 aromatic heterocycles. The van der Waals surface area contributed by atoms with Crippen LogP contribution in [0.4, 0.5) is 0 Å². The van der Waals surface area contributed by atoms with E-state index in [2.05, 4.69) is 47.8 Å². The lowest BCUT2D eigenvalue weighted by Crippen LogP contribution is -2.37. The fraction of sp³-hybridized carbons (Fsp3) is 0.789. The van der Waals surface area contributed by atoms with Crippen LogP contribution in [0.2, 0.25) is 0 Å². The maximum Gasteiger partial charge on any atom is 0.254 e. The van der Waals surface area contributed by atoms with Crippen LogP contribution in [0, 0.1) is 0 Å². The summed E-state index contributed by atoms with van der Waals surface area (Å²) in [6.07, 6.45) is 9.94. The Labute approximate surface area is 146 Å². The quantitative estimate of drug-likeness (QED) is 0.753. The van der Waals surface area contributed by atoms with Crippen molar-refractivity contribution < 1.29 is 4.79 Å². The van der Waals surface area contributed by atoms with Crippen molar-refractivity contribution in [3.63, 3.8) is 0 Å². The summed E-state index contributed by atoms with van der Waals surface area (Å²) in [5.41, 5.74) is 1.80. The lowest BCUT2D eigenvalue weighted by atomic mass is 10.1. The Kier molecular flexibility index (Phi) is 7.28. The van der Waals surface area contributed by atoms with E-state index in [4.69, 9.17) is 0 Å². The molecule has 0 atom stereocenters. The van der Waals surface area contributed by atoms with Gasteiger partial charge in [0.05, 0.1) is 23.5 Å². The van der Waals surface area contributed by atoms with Crippen molar-refractivity contribution in [1.82, 2.24) is 20.0 Å². The number of nitrogens with zero attached hydrogens (tertiary/aromatic N) is 3. The largest absolute Gasteiger partial charge is 0.351 e. The molecule has 24 heavy (non-hydrogen) atoms. The monoisotopic (exact) mass is 334 g/mol. The molecule has 1 N–H and O–H groups in total. The zero-order chi connectivity index (χ0) is 17.5. The van der Waals surface area contributed by atoms with E-state index in [9.17, 15) is 4.79 Å². The molecule has 5 heteroatoms. The minimum Gasteiger partial charge on any atom is -0.351 e. The summed E-state index contributed by atoms with van der Waals surface area (Å²) in [6.45, 7) is 8.06. The first-order valence-electron chi connectivity index (χ1n) is 9.67. The maximum atomic E-state index is 12.6. The van der Waals surface area contributed by atoms with Crippen molar-refractivity contribution in [3.8, 4) is 0 Å². The van der Waals surface area contributed by atoms with Gasteiger partial charge in [0, 0.05) is 19.1 Å². The summed E-state index contributed by atoms with van der Waals surface area (Å²) in [5, 5.41) is 7.58. The molecule has 0 spiro atoms. The second-order valence-corrected chi connectivity index (χ2v) is 6.95. The Hall–Kier alpha value is -1.36. The summed E-state index contributed by atoms with van der Waals surface area (Å²) in [5.74, 6) is 0.0175. The first-order valence-corrected chi connectivity index (χ1v) is 9.67. The topological polar surface area (TPSA) is 50.2 Å². The number of aromatic nitrogens is 2. The molecule has 0 radical (unpaired) electrons. The minimum atomic E-state index is 0.0175. The van der Waals surface area contributed by atoms with Gasteiger partial charge in [-0.25, -0.2) is 0 Å². The Morgan fingerprint density at radius 3 is 2.58 bits per heavy atom. The first-order chi connectivity index (χ1) is 11.6. The molecule has 0 unspecified atom stereocenters. The van der Waals surface area contributed by atoms with Gasteiger partial charge in [-0.3, -0.25) is 9.48 Å². The SMILES string of the molecule is CCc1c(C(=O)NCCN(C)C2CCCC2)cnn1C(CC)CC. The molecule has 1 aliphatic rings. The second-order valence-electron chi connectivity index (χ2n) is 6.95. The van der Waals surface area contributed by atoms with Crippen LogP contribution in [0.25, 0.3) is 0 Å². The number of hydrogen-bond donors (Lipinski definition) is 1. The molecule has 5 nitrogen and oxygen atoms in total. The van der Waals surface area contributed by atoms with E-state index >= 15 is 0 Å². The summed E-state index contributed by atoms with van der Waals surface area (Å²) in [4.78, 5) is 14.9. The van der Waals surface area contributed by atoms with Crippen molar-refractivity contribution >= 4 is 5.91 Å². The second kappa shape index (κ2) is 9.21. The highest BCUT2D eigenvalue weighted by Gasteiger charge is 2.21. The summed E-state index contributed by atoms with van der Waals surface area (Å²) < 4.78 is 2.06. The van der Waals surface area contributed by atoms with Gasteiger partial charge in [0.15, 0.2) is 0 Å². The van der Waals surface area contributed by atoms with Crippen LogP contribution in [-0.4, -0.2) is 46.8 Å². The molecule has 0 aliphatic heterocycles. The van der Waals surface area contributed by atoms with Crippen molar-refractivity contribution in [2.45, 2.75) is 77.8 Å². The van der Waals surface area contributed by atoms with E-state index in [1.165, 1.54) is 25.7 Å². The van der Waals surface area contributed by atoms with Gasteiger partial charge in [0.25, 0.3) is 5.91 Å². The van der Waals surface area contributed by atoms with Gasteiger partial charge < -0.3 is 10.2 Å². The smallest absolute Gasteiger partial charge is 0.254 e. The number of likely N-dealkylation sites (N-methyl/N-ethyl adjacent to an activating group) is 1. The van der Waals surface area contributed by atoms with E-state index in [1.807, 2.05) is 0 Å². The Balaban J connectivity index is 1.92. The van der Waals surface area contributed by atoms with Crippen LogP contribution in [0.15, 0.2) is 6.20 Å². The zero-order valence-electron chi connectivity index (χ0n) is 15.8. The normalized spacial score (nSPS) is 15.6. The Morgan fingerprint density at radius 2 is 2.00 bits per heavy atom. The molecule has 1 aliphatic carbocycles. The third kappa shape index (κ3) is 4.38. The van der Waals surface area contributed by atoms with Crippen molar-refractivity contribution in [3.05, 3.63) is 17.5 Å². The van der Waals surface area contributed by atoms with Gasteiger partial charge in [-0.05, 0) is 39.2 Å². The predicted octanol–water partition coefficient (Wildman–Crippen LogP) is 3.41. The first kappa shape index (κ1) is 19.0. The third-order valence-electron chi connectivity index (χ3n) is 5.46. The van der Waals surface area contributed by atoms with E-state index in [1.54, 1.807) is 6.20 Å². The van der Waals surface area contributed by atoms with Crippen LogP contribution in [0.5, 0.6) is 0 Å². The van der Waals surface area contributed by atoms with Gasteiger partial charge in [0.2, 0.25) is 0 Å². The van der Waals surface area contributed by atoms with Gasteiger partial charge in [-0.15, -0.1) is 0 Å². The van der Waals surface area contributed by atoms with Crippen LogP contribution in [0.3, 0.4) is 0 Å². The molecular formula is C19H34N4O. The zero-order valence-corrected chi connectivity index (χ0v) is 15.8. The van der Waals surface area contributed by atoms with Gasteiger partial charge >= 0.3 is 0 Å². The molecule has 0 saturated heterocycles. The molecule has 1 amide bonds. The fourth-order valence-corrected chi connectivity index (χ4v) is 3.85. The molecule has 136 valence electrons. The third-order valence-corrected chi connectivity index (χ3v) is 5.46. The van der Waals surface area contributed by atoms with Crippen LogP contribution in [-0.2, 0) is 6.42 Å². The van der Waals surface area contributed by atoms with Gasteiger partial charge in [-0.2, -0.15) is 5.10 Å². The number of nitrogens with one attached hydrogen (secondary N) is 1. The van der Waals surface area contributed by atoms with E-state index in [0.717, 1.165) is 37.1 Å². The summed E-state index contributed by atoms with van der Waals surface area (Å²) >= 11 is 0. The van der Waals surface area contributed by atoms with Crippen LogP contribution in [0.1, 0.15) is 81.4 Å². The van der Waals surface area contributed by atoms with Gasteiger partial charge in [-0.1, -0.05) is 33.6 Å². The molecule has 1 aromatic rings. The maximum absolute atomic E-state index is 12.6. The van der Waals surface area contributed by atoms with Crippen LogP contribution < -0.4 is 5.32 Å². The van der Waals surface area contributed by atoms with Crippen molar-refractivity contribution in [1.29, 1.82) is 0 Å². The number of amides is 1. The molecule has 0 aromatic carbocycles. The Morgan fingerprint density at radius 1 is 1.33 bits per heavy atom. The summed E-state index contributed by atoms with van der Waals surface area (Å²) in [7, 11) is 2.17. The highest BCUT2D eigenvalue weighted by Crippen LogP contribution is 2.22. The average Bonchev–Trinajstić information content (AvgIpc) is 3.25. The highest BCUT2D eigenvalue weighted by atomic mass is 16.1. The van der Waals surface area contributed by atoms with E-state index in [0.29, 0.717) is 18.6 Å². The van der Waals surface area contributed by atoms with Crippen molar-refractivity contribution in [2.24, 2.45) is 0 Å². The summed E-state index contributed by atoms with van der Waals surface area (Å²) in [6, 6.07) is 1.08. The standard InChI is InChI=1S/C19H34N4O/c1-5-15(6-2)23-18(7-3)17(14-21-23)19(24)20-12-13-22(4)16-10-8-9-11-16/h14-16H,5-13H2,1-4H3,(H,20,24). The number of hydrogen-bond acceptors (Lipinski definition) is 3. The van der Waals surface area contributed by atoms with Crippen LogP contribution >= 0.6 is 0 Å². The average molecular weight is 335 g/mol. The number of carbonyl (C=O) groups excluding carboxylic acids is 1. The minimum absolute atomic E-state index is 0.0175. The Bertz CT molecular complexity index is 515. The molecular weight excluding hydrogens is 300 g/mol. The van der Waals surface area contributed by atoms with Crippen molar-refractivity contribution in [2.75, 3.05) is 20.1 Å². The molecule has 1 heterocycles. The lowest BCUT2D eigenvalue weighted by Gasteiger charge is -2.23. The predicted molar refractivity (Wildman–Crippen MR) is 98.4 cm³/mol. The highest BCUT2D eigenvalue weighted by molar-refractivity contribution is 5.95. The number of carbonyl (C=O) groups is 1. The number of rotatable bonds is 9. The molecule has 0 bridgehead atoms. The van der Waals surface area contributed by atoms with Gasteiger partial charge in [0.1, 0.15) is 0 Å². The van der Waals surface area contributed by atoms with E-state index in [-0.39, 0.29) is 5.91 Å². The fourth-order valence-electron chi connectivity index (χ4n) is 3.85. The molecule has 1 saturated carbocycles. The lowest BCUT2D eigenvalue weighted by molar-refractivity contribution is 0.0946.